The maximum absolute atomic E-state index is 4.78. The number of alkyl halides is 1. The van der Waals surface area contributed by atoms with Crippen LogP contribution in [0.2, 0.25) is 0 Å². The first kappa shape index (κ1) is 11.2. The third kappa shape index (κ3) is 2.64. The highest BCUT2D eigenvalue weighted by molar-refractivity contribution is 9.09. The zero-order valence-electron chi connectivity index (χ0n) is 8.69. The minimum atomic E-state index is 0.294. The topological polar surface area (TPSA) is 12.4 Å². The highest BCUT2D eigenvalue weighted by Crippen LogP contribution is 2.34. The van der Waals surface area contributed by atoms with E-state index < -0.39 is 0 Å². The van der Waals surface area contributed by atoms with Gasteiger partial charge in [0.1, 0.15) is 0 Å². The quantitative estimate of drug-likeness (QED) is 0.746. The number of benzene rings is 1. The summed E-state index contributed by atoms with van der Waals surface area (Å²) in [5.41, 5.74) is 1.31. The summed E-state index contributed by atoms with van der Waals surface area (Å²) in [7, 11) is 0. The van der Waals surface area contributed by atoms with Gasteiger partial charge in [-0.3, -0.25) is 4.99 Å². The third-order valence-corrected chi connectivity index (χ3v) is 4.98. The van der Waals surface area contributed by atoms with Crippen molar-refractivity contribution in [1.82, 2.24) is 0 Å². The largest absolute Gasteiger partial charge is 0.274 e. The average Bonchev–Trinajstić information content (AvgIpc) is 2.31. The van der Waals surface area contributed by atoms with Crippen molar-refractivity contribution in [1.29, 1.82) is 0 Å². The number of halogens is 1. The molecule has 1 aliphatic heterocycles. The first-order valence-electron chi connectivity index (χ1n) is 5.19. The Morgan fingerprint density at radius 2 is 2.13 bits per heavy atom. The Morgan fingerprint density at radius 3 is 2.80 bits per heavy atom. The first-order chi connectivity index (χ1) is 7.31. The minimum absolute atomic E-state index is 0.294. The van der Waals surface area contributed by atoms with E-state index in [2.05, 4.69) is 53.2 Å². The Morgan fingerprint density at radius 1 is 1.40 bits per heavy atom. The van der Waals surface area contributed by atoms with Gasteiger partial charge >= 0.3 is 0 Å². The summed E-state index contributed by atoms with van der Waals surface area (Å²) in [4.78, 5) is 5.24. The van der Waals surface area contributed by atoms with Crippen molar-refractivity contribution in [3.05, 3.63) is 35.9 Å². The lowest BCUT2D eigenvalue weighted by Crippen LogP contribution is -2.20. The van der Waals surface area contributed by atoms with Crippen molar-refractivity contribution in [2.75, 3.05) is 5.75 Å². The summed E-state index contributed by atoms with van der Waals surface area (Å²) < 4.78 is 0. The molecule has 1 aromatic carbocycles. The van der Waals surface area contributed by atoms with Gasteiger partial charge in [-0.05, 0) is 12.0 Å². The summed E-state index contributed by atoms with van der Waals surface area (Å²) in [5, 5.41) is 1.28. The number of nitrogens with zero attached hydrogens (tertiary/aromatic N) is 1. The zero-order chi connectivity index (χ0) is 10.7. The van der Waals surface area contributed by atoms with Crippen LogP contribution in [0.3, 0.4) is 0 Å². The van der Waals surface area contributed by atoms with Crippen LogP contribution in [-0.4, -0.2) is 15.6 Å². The number of hydrogen-bond acceptors (Lipinski definition) is 2. The van der Waals surface area contributed by atoms with Crippen LogP contribution in [0.4, 0.5) is 0 Å². The van der Waals surface area contributed by atoms with Gasteiger partial charge < -0.3 is 0 Å². The molecule has 0 aliphatic carbocycles. The van der Waals surface area contributed by atoms with E-state index in [1.165, 1.54) is 10.6 Å². The predicted molar refractivity (Wildman–Crippen MR) is 72.1 cm³/mol. The van der Waals surface area contributed by atoms with Crippen LogP contribution < -0.4 is 0 Å². The van der Waals surface area contributed by atoms with Gasteiger partial charge in [-0.25, -0.2) is 0 Å². The van der Waals surface area contributed by atoms with Crippen LogP contribution in [0.25, 0.3) is 0 Å². The van der Waals surface area contributed by atoms with Crippen LogP contribution in [0.1, 0.15) is 24.9 Å². The lowest BCUT2D eigenvalue weighted by atomic mass is 10.1. The first-order valence-corrected chi connectivity index (χ1v) is 7.10. The molecule has 15 heavy (non-hydrogen) atoms. The zero-order valence-corrected chi connectivity index (χ0v) is 11.1. The monoisotopic (exact) mass is 283 g/mol. The van der Waals surface area contributed by atoms with E-state index in [9.17, 15) is 0 Å². The molecule has 1 aliphatic rings. The van der Waals surface area contributed by atoms with E-state index in [0.717, 1.165) is 12.2 Å². The maximum Gasteiger partial charge on any atom is 0.0891 e. The summed E-state index contributed by atoms with van der Waals surface area (Å²) in [6.07, 6.45) is 1.05. The molecule has 0 aromatic heterocycles. The van der Waals surface area contributed by atoms with Gasteiger partial charge in [0.15, 0.2) is 0 Å². The average molecular weight is 284 g/mol. The fraction of sp³-hybridized carbons (Fsp3) is 0.417. The molecule has 0 radical (unpaired) electrons. The number of thioether (sulfide) groups is 1. The van der Waals surface area contributed by atoms with Gasteiger partial charge in [0, 0.05) is 5.75 Å². The van der Waals surface area contributed by atoms with Crippen molar-refractivity contribution in [3.8, 4) is 0 Å². The van der Waals surface area contributed by atoms with Crippen molar-refractivity contribution in [3.63, 3.8) is 0 Å². The molecule has 2 rings (SSSR count). The van der Waals surface area contributed by atoms with Crippen LogP contribution in [0, 0.1) is 0 Å². The summed E-state index contributed by atoms with van der Waals surface area (Å²) in [5.74, 6) is 1.12. The maximum atomic E-state index is 4.78. The Balaban J connectivity index is 2.27. The summed E-state index contributed by atoms with van der Waals surface area (Å²) in [6.45, 7) is 2.17. The standard InChI is InChI=1S/C12H14BrNS/c1-2-11-14-12(10(13)8-15-11)9-6-4-3-5-7-9/h3-7,10,12H,2,8H2,1H3/t10-,12+/m1/s1. The van der Waals surface area contributed by atoms with Crippen LogP contribution in [0.15, 0.2) is 35.3 Å². The van der Waals surface area contributed by atoms with E-state index in [4.69, 9.17) is 4.99 Å². The molecule has 0 amide bonds. The van der Waals surface area contributed by atoms with Crippen molar-refractivity contribution >= 4 is 32.7 Å². The molecule has 1 aromatic rings. The lowest BCUT2D eigenvalue weighted by Gasteiger charge is -2.25. The molecule has 0 spiro atoms. The predicted octanol–water partition coefficient (Wildman–Crippen LogP) is 4.05. The molecule has 1 nitrogen and oxygen atoms in total. The Hall–Kier alpha value is -0.280. The van der Waals surface area contributed by atoms with Crippen LogP contribution in [0.5, 0.6) is 0 Å². The highest BCUT2D eigenvalue weighted by Gasteiger charge is 2.24. The van der Waals surface area contributed by atoms with E-state index in [1.54, 1.807) is 0 Å². The van der Waals surface area contributed by atoms with Gasteiger partial charge in [0.05, 0.1) is 15.9 Å². The van der Waals surface area contributed by atoms with E-state index in [0.29, 0.717) is 10.9 Å². The Bertz CT molecular complexity index is 350. The SMILES string of the molecule is CCC1=N[C@@H](c2ccccc2)[C@H](Br)CS1. The fourth-order valence-corrected chi connectivity index (χ4v) is 3.41. The summed E-state index contributed by atoms with van der Waals surface area (Å²) >= 11 is 5.59. The molecule has 1 heterocycles. The molecule has 0 unspecified atom stereocenters. The number of aliphatic imine (C=N–C) groups is 1. The smallest absolute Gasteiger partial charge is 0.0891 e. The van der Waals surface area contributed by atoms with Gasteiger partial charge in [-0.1, -0.05) is 53.2 Å². The number of hydrogen-bond donors (Lipinski definition) is 0. The van der Waals surface area contributed by atoms with Gasteiger partial charge in [0.2, 0.25) is 0 Å². The lowest BCUT2D eigenvalue weighted by molar-refractivity contribution is 0.727. The van der Waals surface area contributed by atoms with Gasteiger partial charge in [0.25, 0.3) is 0 Å². The molecule has 0 saturated heterocycles. The van der Waals surface area contributed by atoms with Crippen molar-refractivity contribution in [2.24, 2.45) is 4.99 Å². The molecular formula is C12H14BrNS. The third-order valence-electron chi connectivity index (χ3n) is 2.48. The number of rotatable bonds is 2. The second-order valence-electron chi connectivity index (χ2n) is 3.56. The minimum Gasteiger partial charge on any atom is -0.274 e. The second kappa shape index (κ2) is 5.17. The molecule has 2 atom stereocenters. The summed E-state index contributed by atoms with van der Waals surface area (Å²) in [6, 6.07) is 10.8. The van der Waals surface area contributed by atoms with E-state index >= 15 is 0 Å². The van der Waals surface area contributed by atoms with Gasteiger partial charge in [-0.2, -0.15) is 0 Å². The van der Waals surface area contributed by atoms with Crippen LogP contribution >= 0.6 is 27.7 Å². The second-order valence-corrected chi connectivity index (χ2v) is 5.83. The molecule has 3 heteroatoms. The van der Waals surface area contributed by atoms with Crippen molar-refractivity contribution in [2.45, 2.75) is 24.2 Å². The van der Waals surface area contributed by atoms with Gasteiger partial charge in [-0.15, -0.1) is 11.8 Å². The Kier molecular flexibility index (Phi) is 3.87. The molecule has 0 bridgehead atoms. The molecule has 0 saturated carbocycles. The highest BCUT2D eigenvalue weighted by atomic mass is 79.9. The van der Waals surface area contributed by atoms with E-state index in [1.807, 2.05) is 11.8 Å². The van der Waals surface area contributed by atoms with E-state index in [-0.39, 0.29) is 0 Å². The fourth-order valence-electron chi connectivity index (χ4n) is 1.67. The normalized spacial score (nSPS) is 26.1. The van der Waals surface area contributed by atoms with Crippen molar-refractivity contribution < 1.29 is 0 Å². The molecule has 80 valence electrons. The Labute approximate surface area is 104 Å². The molecular weight excluding hydrogens is 270 g/mol. The van der Waals surface area contributed by atoms with Crippen LogP contribution in [-0.2, 0) is 0 Å². The molecule has 0 N–H and O–H groups in total. The molecule has 0 fully saturated rings.